The molecule has 82 valence electrons. The van der Waals surface area contributed by atoms with E-state index in [-0.39, 0.29) is 11.3 Å². The SMILES string of the molecule is N#Cc1cc(Br)ccc1N1CC(Cl)CC1=O. The number of hydrogen-bond donors (Lipinski definition) is 0. The molecule has 2 rings (SSSR count). The highest BCUT2D eigenvalue weighted by Gasteiger charge is 2.30. The van der Waals surface area contributed by atoms with Crippen molar-refractivity contribution in [3.05, 3.63) is 28.2 Å². The van der Waals surface area contributed by atoms with Crippen LogP contribution in [-0.4, -0.2) is 17.8 Å². The maximum atomic E-state index is 11.7. The zero-order valence-corrected chi connectivity index (χ0v) is 10.6. The van der Waals surface area contributed by atoms with Crippen molar-refractivity contribution in [2.24, 2.45) is 0 Å². The van der Waals surface area contributed by atoms with E-state index in [0.717, 1.165) is 4.47 Å². The summed E-state index contributed by atoms with van der Waals surface area (Å²) in [5.41, 5.74) is 1.12. The van der Waals surface area contributed by atoms with Crippen LogP contribution in [0.25, 0.3) is 0 Å². The van der Waals surface area contributed by atoms with Crippen LogP contribution in [0, 0.1) is 11.3 Å². The van der Waals surface area contributed by atoms with Gasteiger partial charge >= 0.3 is 0 Å². The van der Waals surface area contributed by atoms with E-state index in [4.69, 9.17) is 16.9 Å². The van der Waals surface area contributed by atoms with E-state index in [2.05, 4.69) is 22.0 Å². The van der Waals surface area contributed by atoms with E-state index < -0.39 is 0 Å². The smallest absolute Gasteiger partial charge is 0.228 e. The summed E-state index contributed by atoms with van der Waals surface area (Å²) in [6.07, 6.45) is 0.336. The lowest BCUT2D eigenvalue weighted by Gasteiger charge is -2.17. The van der Waals surface area contributed by atoms with Crippen LogP contribution < -0.4 is 4.90 Å². The van der Waals surface area contributed by atoms with E-state index >= 15 is 0 Å². The van der Waals surface area contributed by atoms with Crippen LogP contribution in [0.15, 0.2) is 22.7 Å². The molecule has 1 aliphatic rings. The maximum Gasteiger partial charge on any atom is 0.228 e. The Morgan fingerprint density at radius 1 is 1.56 bits per heavy atom. The number of nitrogens with zero attached hydrogens (tertiary/aromatic N) is 2. The predicted molar refractivity (Wildman–Crippen MR) is 65.5 cm³/mol. The minimum Gasteiger partial charge on any atom is -0.310 e. The Morgan fingerprint density at radius 3 is 2.88 bits per heavy atom. The lowest BCUT2D eigenvalue weighted by molar-refractivity contribution is -0.117. The molecule has 0 aliphatic carbocycles. The molecule has 1 saturated heterocycles. The third kappa shape index (κ3) is 2.06. The largest absolute Gasteiger partial charge is 0.310 e. The minimum atomic E-state index is -0.164. The Kier molecular flexibility index (Phi) is 3.17. The van der Waals surface area contributed by atoms with Gasteiger partial charge in [0.2, 0.25) is 5.91 Å². The summed E-state index contributed by atoms with van der Waals surface area (Å²) in [7, 11) is 0. The molecule has 0 bridgehead atoms. The second-order valence-corrected chi connectivity index (χ2v) is 5.11. The van der Waals surface area contributed by atoms with Gasteiger partial charge in [-0.3, -0.25) is 4.79 Å². The number of amides is 1. The topological polar surface area (TPSA) is 44.1 Å². The Labute approximate surface area is 107 Å². The summed E-state index contributed by atoms with van der Waals surface area (Å²) in [5.74, 6) is -0.0289. The molecule has 0 saturated carbocycles. The number of anilines is 1. The van der Waals surface area contributed by atoms with Gasteiger partial charge in [-0.15, -0.1) is 11.6 Å². The molecule has 5 heteroatoms. The summed E-state index contributed by atoms with van der Waals surface area (Å²) in [4.78, 5) is 13.2. The van der Waals surface area contributed by atoms with Gasteiger partial charge in [0.05, 0.1) is 16.6 Å². The molecular weight excluding hydrogens is 291 g/mol. The first-order valence-electron chi connectivity index (χ1n) is 4.76. The Hall–Kier alpha value is -1.05. The van der Waals surface area contributed by atoms with Crippen molar-refractivity contribution < 1.29 is 4.79 Å². The second-order valence-electron chi connectivity index (χ2n) is 3.58. The predicted octanol–water partition coefficient (Wildman–Crippen LogP) is 2.66. The number of benzene rings is 1. The molecule has 0 N–H and O–H groups in total. The van der Waals surface area contributed by atoms with Crippen LogP contribution in [0.2, 0.25) is 0 Å². The average Bonchev–Trinajstić information content (AvgIpc) is 2.57. The monoisotopic (exact) mass is 298 g/mol. The second kappa shape index (κ2) is 4.44. The van der Waals surface area contributed by atoms with E-state index in [1.54, 1.807) is 17.0 Å². The highest BCUT2D eigenvalue weighted by molar-refractivity contribution is 9.10. The normalized spacial score (nSPS) is 19.9. The van der Waals surface area contributed by atoms with Crippen molar-refractivity contribution in [1.82, 2.24) is 0 Å². The number of carbonyl (C=O) groups is 1. The van der Waals surface area contributed by atoms with Crippen LogP contribution in [-0.2, 0) is 4.79 Å². The quantitative estimate of drug-likeness (QED) is 0.748. The summed E-state index contributed by atoms with van der Waals surface area (Å²) in [6.45, 7) is 0.469. The summed E-state index contributed by atoms with van der Waals surface area (Å²) in [6, 6.07) is 7.35. The van der Waals surface area contributed by atoms with Gasteiger partial charge in [-0.25, -0.2) is 0 Å². The standard InChI is InChI=1S/C11H8BrClN2O/c12-8-1-2-10(7(3-8)5-14)15-6-9(13)4-11(15)16/h1-3,9H,4,6H2. The number of alkyl halides is 1. The molecule has 16 heavy (non-hydrogen) atoms. The van der Waals surface area contributed by atoms with Gasteiger partial charge in [0.15, 0.2) is 0 Å². The first kappa shape index (κ1) is 11.4. The molecule has 1 heterocycles. The number of hydrogen-bond acceptors (Lipinski definition) is 2. The molecule has 0 radical (unpaired) electrons. The molecule has 0 spiro atoms. The van der Waals surface area contributed by atoms with Crippen molar-refractivity contribution in [2.45, 2.75) is 11.8 Å². The molecule has 1 aliphatic heterocycles. The van der Waals surface area contributed by atoms with Gasteiger partial charge in [0, 0.05) is 17.4 Å². The van der Waals surface area contributed by atoms with E-state index in [0.29, 0.717) is 24.2 Å². The molecular formula is C11H8BrClN2O. The number of carbonyl (C=O) groups excluding carboxylic acids is 1. The van der Waals surface area contributed by atoms with Gasteiger partial charge in [0.1, 0.15) is 6.07 Å². The lowest BCUT2D eigenvalue weighted by atomic mass is 10.2. The molecule has 3 nitrogen and oxygen atoms in total. The van der Waals surface area contributed by atoms with E-state index in [1.165, 1.54) is 0 Å². The van der Waals surface area contributed by atoms with Crippen LogP contribution in [0.3, 0.4) is 0 Å². The summed E-state index contributed by atoms with van der Waals surface area (Å²) in [5, 5.41) is 8.85. The van der Waals surface area contributed by atoms with Crippen molar-refractivity contribution in [2.75, 3.05) is 11.4 Å². The van der Waals surface area contributed by atoms with Crippen LogP contribution in [0.1, 0.15) is 12.0 Å². The Bertz CT molecular complexity index is 483. The van der Waals surface area contributed by atoms with Crippen molar-refractivity contribution in [3.63, 3.8) is 0 Å². The highest BCUT2D eigenvalue weighted by Crippen LogP contribution is 2.29. The number of halogens is 2. The zero-order valence-electron chi connectivity index (χ0n) is 8.28. The zero-order chi connectivity index (χ0) is 11.7. The number of nitriles is 1. The fraction of sp³-hybridized carbons (Fsp3) is 0.273. The third-order valence-corrected chi connectivity index (χ3v) is 3.23. The minimum absolute atomic E-state index is 0.0289. The van der Waals surface area contributed by atoms with Crippen LogP contribution >= 0.6 is 27.5 Å². The van der Waals surface area contributed by atoms with Gasteiger partial charge in [-0.05, 0) is 18.2 Å². The summed E-state index contributed by atoms with van der Waals surface area (Å²) >= 11 is 9.22. The van der Waals surface area contributed by atoms with E-state index in [1.807, 2.05) is 6.07 Å². The van der Waals surface area contributed by atoms with Gasteiger partial charge in [0.25, 0.3) is 0 Å². The highest BCUT2D eigenvalue weighted by atomic mass is 79.9. The van der Waals surface area contributed by atoms with Crippen molar-refractivity contribution >= 4 is 39.1 Å². The van der Waals surface area contributed by atoms with Gasteiger partial charge in [-0.1, -0.05) is 15.9 Å². The van der Waals surface area contributed by atoms with Gasteiger partial charge < -0.3 is 4.90 Å². The Morgan fingerprint density at radius 2 is 2.31 bits per heavy atom. The first-order chi connectivity index (χ1) is 7.61. The molecule has 1 atom stereocenters. The molecule has 0 aromatic heterocycles. The Balaban J connectivity index is 2.41. The molecule has 1 unspecified atom stereocenters. The van der Waals surface area contributed by atoms with Crippen molar-refractivity contribution in [1.29, 1.82) is 5.26 Å². The van der Waals surface area contributed by atoms with Crippen LogP contribution in [0.4, 0.5) is 5.69 Å². The third-order valence-electron chi connectivity index (χ3n) is 2.45. The lowest BCUT2D eigenvalue weighted by Crippen LogP contribution is -2.25. The molecule has 1 aromatic rings. The van der Waals surface area contributed by atoms with Crippen molar-refractivity contribution in [3.8, 4) is 6.07 Å². The first-order valence-corrected chi connectivity index (χ1v) is 5.99. The summed E-state index contributed by atoms with van der Waals surface area (Å²) < 4.78 is 0.821. The molecule has 1 aromatic carbocycles. The molecule has 1 amide bonds. The fourth-order valence-corrected chi connectivity index (χ4v) is 2.36. The maximum absolute atomic E-state index is 11.7. The van der Waals surface area contributed by atoms with Crippen LogP contribution in [0.5, 0.6) is 0 Å². The van der Waals surface area contributed by atoms with Gasteiger partial charge in [-0.2, -0.15) is 5.26 Å². The average molecular weight is 300 g/mol. The number of rotatable bonds is 1. The fourth-order valence-electron chi connectivity index (χ4n) is 1.73. The van der Waals surface area contributed by atoms with E-state index in [9.17, 15) is 4.79 Å². The molecule has 1 fully saturated rings.